The van der Waals surface area contributed by atoms with Gasteiger partial charge in [-0.3, -0.25) is 14.6 Å². The molecule has 1 aromatic carbocycles. The summed E-state index contributed by atoms with van der Waals surface area (Å²) in [4.78, 5) is 29.4. The number of nitrogens with zero attached hydrogens (tertiary/aromatic N) is 1. The fraction of sp³-hybridized carbons (Fsp3) is 0.381. The monoisotopic (exact) mass is 449 g/mol. The van der Waals surface area contributed by atoms with Gasteiger partial charge in [-0.2, -0.15) is 0 Å². The quantitative estimate of drug-likeness (QED) is 0.365. The predicted octanol–water partition coefficient (Wildman–Crippen LogP) is 1.19. The highest BCUT2D eigenvalue weighted by Gasteiger charge is 2.32. The van der Waals surface area contributed by atoms with Crippen molar-refractivity contribution in [1.82, 2.24) is 15.6 Å². The smallest absolute Gasteiger partial charge is 0.426 e. The van der Waals surface area contributed by atoms with Crippen LogP contribution in [-0.4, -0.2) is 57.2 Å². The zero-order valence-electron chi connectivity index (χ0n) is 17.7. The minimum Gasteiger partial charge on any atom is -0.426 e. The number of benzene rings is 1. The van der Waals surface area contributed by atoms with E-state index in [1.54, 1.807) is 36.7 Å². The maximum atomic E-state index is 12.7. The molecule has 0 saturated heterocycles. The number of amides is 2. The number of hydrogen-bond donors (Lipinski definition) is 5. The highest BCUT2D eigenvalue weighted by atomic mass is 35.5. The summed E-state index contributed by atoms with van der Waals surface area (Å²) < 4.78 is 0. The molecule has 2 rings (SSSR count). The Bertz CT molecular complexity index is 852. The molecule has 10 heteroatoms. The zero-order chi connectivity index (χ0) is 22.3. The van der Waals surface area contributed by atoms with E-state index < -0.39 is 37.0 Å². The lowest BCUT2D eigenvalue weighted by molar-refractivity contribution is -0.125. The van der Waals surface area contributed by atoms with Crippen molar-refractivity contribution in [2.45, 2.75) is 45.3 Å². The van der Waals surface area contributed by atoms with Gasteiger partial charge in [0.2, 0.25) is 5.91 Å². The molecule has 168 valence electrons. The molecule has 0 radical (unpaired) electrons. The number of aliphatic hydroxyl groups is 1. The Morgan fingerprint density at radius 2 is 1.74 bits per heavy atom. The second-order valence-electron chi connectivity index (χ2n) is 7.67. The standard InChI is InChI=1S/C21H28BN3O5.ClH/c1-13(2)10-18(22(29)30)24-21(28)19(14(3)26)25-20(27)16-7-4-6-15(11-16)17-8-5-9-23-12-17;/h4-9,11-14,18-19,26,29-30H,10H2,1-3H3,(H,24,28)(H,25,27);1H/t14-,18+,19+;/m1./s1. The second kappa shape index (κ2) is 12.4. The van der Waals surface area contributed by atoms with Crippen LogP contribution in [0.5, 0.6) is 0 Å². The van der Waals surface area contributed by atoms with Gasteiger partial charge in [0.15, 0.2) is 0 Å². The summed E-state index contributed by atoms with van der Waals surface area (Å²) in [6.45, 7) is 5.14. The van der Waals surface area contributed by atoms with Gasteiger partial charge in [-0.25, -0.2) is 0 Å². The van der Waals surface area contributed by atoms with Gasteiger partial charge < -0.3 is 25.8 Å². The summed E-state index contributed by atoms with van der Waals surface area (Å²) in [5.41, 5.74) is 1.94. The number of halogens is 1. The number of carbonyl (C=O) groups excluding carboxylic acids is 2. The molecule has 1 aromatic heterocycles. The molecule has 2 aromatic rings. The van der Waals surface area contributed by atoms with E-state index >= 15 is 0 Å². The summed E-state index contributed by atoms with van der Waals surface area (Å²) in [5, 5.41) is 34.1. The number of carbonyl (C=O) groups is 2. The SMILES string of the molecule is CC(C)C[C@H](NC(=O)[C@@H](NC(=O)c1cccc(-c2cccnc2)c1)[C@@H](C)O)B(O)O.Cl. The molecule has 0 aliphatic heterocycles. The van der Waals surface area contributed by atoms with Crippen LogP contribution in [0.1, 0.15) is 37.6 Å². The second-order valence-corrected chi connectivity index (χ2v) is 7.67. The maximum absolute atomic E-state index is 12.7. The summed E-state index contributed by atoms with van der Waals surface area (Å²) in [6, 6.07) is 9.23. The molecule has 0 unspecified atom stereocenters. The molecule has 2 amide bonds. The van der Waals surface area contributed by atoms with Gasteiger partial charge >= 0.3 is 7.12 Å². The van der Waals surface area contributed by atoms with Crippen molar-refractivity contribution in [2.75, 3.05) is 0 Å². The number of aliphatic hydroxyl groups excluding tert-OH is 1. The average molecular weight is 450 g/mol. The number of hydrogen-bond acceptors (Lipinski definition) is 6. The van der Waals surface area contributed by atoms with Crippen molar-refractivity contribution in [3.05, 3.63) is 54.4 Å². The van der Waals surface area contributed by atoms with Gasteiger partial charge in [0.05, 0.1) is 12.0 Å². The first kappa shape index (κ1) is 26.6. The van der Waals surface area contributed by atoms with E-state index in [0.29, 0.717) is 12.0 Å². The highest BCUT2D eigenvalue weighted by molar-refractivity contribution is 6.43. The van der Waals surface area contributed by atoms with Crippen LogP contribution in [0.3, 0.4) is 0 Å². The van der Waals surface area contributed by atoms with Gasteiger partial charge in [0.1, 0.15) is 6.04 Å². The summed E-state index contributed by atoms with van der Waals surface area (Å²) >= 11 is 0. The third-order valence-electron chi connectivity index (χ3n) is 4.58. The average Bonchev–Trinajstić information content (AvgIpc) is 2.71. The fourth-order valence-electron chi connectivity index (χ4n) is 3.04. The topological polar surface area (TPSA) is 132 Å². The van der Waals surface area contributed by atoms with Crippen LogP contribution in [0, 0.1) is 5.92 Å². The lowest BCUT2D eigenvalue weighted by atomic mass is 9.75. The van der Waals surface area contributed by atoms with E-state index in [9.17, 15) is 24.7 Å². The molecule has 0 spiro atoms. The molecular weight excluding hydrogens is 421 g/mol. The van der Waals surface area contributed by atoms with Crippen molar-refractivity contribution in [3.63, 3.8) is 0 Å². The Hall–Kier alpha value is -2.46. The zero-order valence-corrected chi connectivity index (χ0v) is 18.5. The first-order chi connectivity index (χ1) is 14.2. The molecule has 0 aliphatic carbocycles. The molecule has 0 bridgehead atoms. The van der Waals surface area contributed by atoms with Crippen molar-refractivity contribution >= 4 is 31.3 Å². The van der Waals surface area contributed by atoms with Gasteiger partial charge in [0, 0.05) is 23.5 Å². The van der Waals surface area contributed by atoms with Crippen molar-refractivity contribution in [1.29, 1.82) is 0 Å². The normalized spacial score (nSPS) is 13.5. The fourth-order valence-corrected chi connectivity index (χ4v) is 3.04. The third-order valence-corrected chi connectivity index (χ3v) is 4.58. The Morgan fingerprint density at radius 1 is 1.06 bits per heavy atom. The molecule has 3 atom stereocenters. The van der Waals surface area contributed by atoms with Crippen LogP contribution in [0.4, 0.5) is 0 Å². The molecule has 0 fully saturated rings. The van der Waals surface area contributed by atoms with Crippen molar-refractivity contribution < 1.29 is 24.7 Å². The molecule has 1 heterocycles. The molecule has 5 N–H and O–H groups in total. The van der Waals surface area contributed by atoms with Gasteiger partial charge in [-0.05, 0) is 43.0 Å². The van der Waals surface area contributed by atoms with Crippen LogP contribution in [0.15, 0.2) is 48.8 Å². The number of aromatic nitrogens is 1. The lowest BCUT2D eigenvalue weighted by Crippen LogP contribution is -2.57. The van der Waals surface area contributed by atoms with Crippen LogP contribution >= 0.6 is 12.4 Å². The number of rotatable bonds is 9. The Labute approximate surface area is 188 Å². The maximum Gasteiger partial charge on any atom is 0.475 e. The minimum absolute atomic E-state index is 0. The first-order valence-electron chi connectivity index (χ1n) is 9.85. The van der Waals surface area contributed by atoms with E-state index in [2.05, 4.69) is 15.6 Å². The van der Waals surface area contributed by atoms with E-state index in [4.69, 9.17) is 0 Å². The lowest BCUT2D eigenvalue weighted by Gasteiger charge is -2.25. The molecule has 0 saturated carbocycles. The first-order valence-corrected chi connectivity index (χ1v) is 9.85. The third kappa shape index (κ3) is 7.95. The van der Waals surface area contributed by atoms with E-state index in [-0.39, 0.29) is 18.3 Å². The summed E-state index contributed by atoms with van der Waals surface area (Å²) in [7, 11) is -1.75. The van der Waals surface area contributed by atoms with E-state index in [1.807, 2.05) is 26.0 Å². The molecule has 31 heavy (non-hydrogen) atoms. The molecule has 8 nitrogen and oxygen atoms in total. The largest absolute Gasteiger partial charge is 0.475 e. The number of nitrogens with one attached hydrogen (secondary N) is 2. The van der Waals surface area contributed by atoms with Crippen LogP contribution in [-0.2, 0) is 4.79 Å². The van der Waals surface area contributed by atoms with Crippen molar-refractivity contribution in [2.24, 2.45) is 5.92 Å². The predicted molar refractivity (Wildman–Crippen MR) is 121 cm³/mol. The van der Waals surface area contributed by atoms with Gasteiger partial charge in [-0.1, -0.05) is 32.0 Å². The highest BCUT2D eigenvalue weighted by Crippen LogP contribution is 2.19. The molecular formula is C21H29BClN3O5. The van der Waals surface area contributed by atoms with Gasteiger partial charge in [-0.15, -0.1) is 12.4 Å². The summed E-state index contributed by atoms with van der Waals surface area (Å²) in [5.74, 6) is -2.04. The van der Waals surface area contributed by atoms with Gasteiger partial charge in [0.25, 0.3) is 5.91 Å². The Morgan fingerprint density at radius 3 is 2.29 bits per heavy atom. The Kier molecular flexibility index (Phi) is 10.6. The van der Waals surface area contributed by atoms with Crippen molar-refractivity contribution in [3.8, 4) is 11.1 Å². The van der Waals surface area contributed by atoms with Crippen LogP contribution < -0.4 is 10.6 Å². The molecule has 0 aliphatic rings. The number of pyridine rings is 1. The van der Waals surface area contributed by atoms with Crippen LogP contribution in [0.2, 0.25) is 0 Å². The Balaban J connectivity index is 0.00000480. The summed E-state index contributed by atoms with van der Waals surface area (Å²) in [6.07, 6.45) is 2.47. The van der Waals surface area contributed by atoms with E-state index in [0.717, 1.165) is 11.1 Å². The minimum atomic E-state index is -1.75. The van der Waals surface area contributed by atoms with Crippen LogP contribution in [0.25, 0.3) is 11.1 Å². The van der Waals surface area contributed by atoms with E-state index in [1.165, 1.54) is 6.92 Å².